The van der Waals surface area contributed by atoms with E-state index in [1.807, 2.05) is 30.3 Å². The highest BCUT2D eigenvalue weighted by atomic mass is 31.1. The number of hydrogen-bond donors (Lipinski definition) is 2. The summed E-state index contributed by atoms with van der Waals surface area (Å²) in [4.78, 5) is 17.6. The second-order valence-electron chi connectivity index (χ2n) is 8.85. The maximum absolute atomic E-state index is 13.8. The lowest BCUT2D eigenvalue weighted by Gasteiger charge is -2.40. The molecule has 0 bridgehead atoms. The molecule has 2 N–H and O–H groups in total. The minimum atomic E-state index is -3.53. The molecule has 8 heteroatoms. The van der Waals surface area contributed by atoms with Crippen LogP contribution in [-0.2, 0) is 25.9 Å². The molecule has 36 heavy (non-hydrogen) atoms. The Morgan fingerprint density at radius 3 is 2.42 bits per heavy atom. The van der Waals surface area contributed by atoms with Gasteiger partial charge in [0, 0.05) is 25.0 Å². The van der Waals surface area contributed by atoms with Crippen molar-refractivity contribution in [1.29, 1.82) is 0 Å². The molecule has 1 heterocycles. The molecule has 0 saturated carbocycles. The number of rotatable bonds is 8. The lowest BCUT2D eigenvalue weighted by Crippen LogP contribution is -2.56. The summed E-state index contributed by atoms with van der Waals surface area (Å²) in [6.45, 7) is 5.15. The van der Waals surface area contributed by atoms with E-state index in [-0.39, 0.29) is 18.0 Å². The van der Waals surface area contributed by atoms with Crippen LogP contribution in [-0.4, -0.2) is 33.4 Å². The average Bonchev–Trinajstić information content (AvgIpc) is 2.86. The molecule has 1 aromatic heterocycles. The standard InChI is InChI=1S/C28H29FNO5P/c1-19(2)15-16-28(26(31)32,36(34)35-4)27(33,18-22-13-14-23(29)17-20(22)3)25-12-8-11-24(30-25)21-9-6-5-7-10-21/h5-14,17,19,33,36H,18H2,1-4H3,(H,31,32). The number of benzene rings is 2. The molecule has 0 saturated heterocycles. The third-order valence-corrected chi connectivity index (χ3v) is 7.71. The first-order valence-electron chi connectivity index (χ1n) is 11.4. The van der Waals surface area contributed by atoms with Gasteiger partial charge in [-0.3, -0.25) is 4.57 Å². The van der Waals surface area contributed by atoms with E-state index in [4.69, 9.17) is 4.52 Å². The summed E-state index contributed by atoms with van der Waals surface area (Å²) in [6, 6.07) is 18.0. The molecular formula is C28H29FNO5P. The van der Waals surface area contributed by atoms with Gasteiger partial charge in [0.15, 0.2) is 0 Å². The number of aryl methyl sites for hydroxylation is 1. The van der Waals surface area contributed by atoms with Gasteiger partial charge < -0.3 is 14.7 Å². The van der Waals surface area contributed by atoms with E-state index in [2.05, 4.69) is 16.8 Å². The SMILES string of the molecule is CO[PH](=O)C(C#CC(C)C)(C(=O)O)C(O)(Cc1ccc(F)cc1C)c1cccc(-c2ccccc2)n1. The lowest BCUT2D eigenvalue weighted by molar-refractivity contribution is -0.146. The van der Waals surface area contributed by atoms with Crippen LogP contribution >= 0.6 is 8.03 Å². The molecule has 0 radical (unpaired) electrons. The van der Waals surface area contributed by atoms with Gasteiger partial charge in [-0.1, -0.05) is 68.2 Å². The van der Waals surface area contributed by atoms with E-state index in [1.54, 1.807) is 32.9 Å². The number of hydrogen-bond acceptors (Lipinski definition) is 5. The lowest BCUT2D eigenvalue weighted by atomic mass is 9.77. The molecule has 0 spiro atoms. The van der Waals surface area contributed by atoms with Gasteiger partial charge in [-0.25, -0.2) is 14.2 Å². The fraction of sp³-hybridized carbons (Fsp3) is 0.286. The van der Waals surface area contributed by atoms with E-state index in [0.717, 1.165) is 12.7 Å². The monoisotopic (exact) mass is 509 g/mol. The van der Waals surface area contributed by atoms with Crippen molar-refractivity contribution in [3.8, 4) is 23.1 Å². The Hall–Kier alpha value is -3.30. The molecule has 3 atom stereocenters. The summed E-state index contributed by atoms with van der Waals surface area (Å²) < 4.78 is 32.4. The maximum atomic E-state index is 13.8. The van der Waals surface area contributed by atoms with Crippen LogP contribution in [0.3, 0.4) is 0 Å². The molecule has 0 amide bonds. The van der Waals surface area contributed by atoms with Crippen molar-refractivity contribution >= 4 is 14.0 Å². The number of pyridine rings is 1. The first-order chi connectivity index (χ1) is 17.0. The molecule has 3 aromatic rings. The predicted molar refractivity (Wildman–Crippen MR) is 137 cm³/mol. The Balaban J connectivity index is 2.38. The zero-order chi connectivity index (χ0) is 26.5. The zero-order valence-electron chi connectivity index (χ0n) is 20.6. The Bertz CT molecular complexity index is 1330. The largest absolute Gasteiger partial charge is 0.480 e. The summed E-state index contributed by atoms with van der Waals surface area (Å²) in [7, 11) is -2.41. The third kappa shape index (κ3) is 5.27. The van der Waals surface area contributed by atoms with Crippen LogP contribution in [0.1, 0.15) is 30.7 Å². The van der Waals surface area contributed by atoms with E-state index in [9.17, 15) is 24.0 Å². The number of carboxylic acids is 1. The first kappa shape index (κ1) is 27.3. The zero-order valence-corrected chi connectivity index (χ0v) is 21.6. The molecule has 0 aliphatic rings. The third-order valence-electron chi connectivity index (χ3n) is 5.97. The number of aliphatic carboxylic acids is 1. The van der Waals surface area contributed by atoms with Gasteiger partial charge in [-0.15, -0.1) is 0 Å². The van der Waals surface area contributed by atoms with Crippen molar-refractivity contribution in [3.63, 3.8) is 0 Å². The number of nitrogens with zero attached hydrogens (tertiary/aromatic N) is 1. The normalized spacial score (nSPS) is 15.3. The van der Waals surface area contributed by atoms with E-state index in [1.165, 1.54) is 24.3 Å². The molecule has 3 unspecified atom stereocenters. The Labute approximate surface area is 211 Å². The maximum Gasteiger partial charge on any atom is 0.335 e. The summed E-state index contributed by atoms with van der Waals surface area (Å²) in [6.07, 6.45) is -0.344. The Morgan fingerprint density at radius 2 is 1.83 bits per heavy atom. The minimum Gasteiger partial charge on any atom is -0.480 e. The fourth-order valence-corrected chi connectivity index (χ4v) is 5.24. The van der Waals surface area contributed by atoms with Crippen molar-refractivity contribution < 1.29 is 28.5 Å². The summed E-state index contributed by atoms with van der Waals surface area (Å²) >= 11 is 0. The van der Waals surface area contributed by atoms with Crippen LogP contribution in [0.2, 0.25) is 0 Å². The van der Waals surface area contributed by atoms with Crippen LogP contribution < -0.4 is 0 Å². The van der Waals surface area contributed by atoms with Crippen LogP contribution in [0.4, 0.5) is 4.39 Å². The quantitative estimate of drug-likeness (QED) is 0.319. The minimum absolute atomic E-state index is 0.0385. The fourth-order valence-electron chi connectivity index (χ4n) is 4.03. The highest BCUT2D eigenvalue weighted by Gasteiger charge is 2.62. The summed E-state index contributed by atoms with van der Waals surface area (Å²) in [5.74, 6) is 3.05. The van der Waals surface area contributed by atoms with E-state index >= 15 is 0 Å². The smallest absolute Gasteiger partial charge is 0.335 e. The van der Waals surface area contributed by atoms with Crippen molar-refractivity contribution in [2.24, 2.45) is 5.92 Å². The molecule has 2 aromatic carbocycles. The van der Waals surface area contributed by atoms with Crippen molar-refractivity contribution in [1.82, 2.24) is 4.98 Å². The van der Waals surface area contributed by atoms with Crippen LogP contribution in [0.15, 0.2) is 66.7 Å². The topological polar surface area (TPSA) is 96.7 Å². The summed E-state index contributed by atoms with van der Waals surface area (Å²) in [5.41, 5.74) is -0.276. The van der Waals surface area contributed by atoms with Gasteiger partial charge in [0.25, 0.3) is 0 Å². The average molecular weight is 510 g/mol. The number of carboxylic acid groups (broad SMARTS) is 1. The first-order valence-corrected chi connectivity index (χ1v) is 12.7. The van der Waals surface area contributed by atoms with E-state index < -0.39 is 30.6 Å². The molecule has 0 aliphatic heterocycles. The van der Waals surface area contributed by atoms with Crippen LogP contribution in [0, 0.1) is 30.5 Å². The van der Waals surface area contributed by atoms with Crippen molar-refractivity contribution in [3.05, 3.63) is 89.4 Å². The molecule has 3 rings (SSSR count). The summed E-state index contributed by atoms with van der Waals surface area (Å²) in [5, 5.41) is 20.4. The second kappa shape index (κ2) is 11.2. The number of aliphatic hydroxyl groups is 1. The number of aromatic nitrogens is 1. The van der Waals surface area contributed by atoms with Crippen LogP contribution in [0.5, 0.6) is 0 Å². The predicted octanol–water partition coefficient (Wildman–Crippen LogP) is 5.23. The Kier molecular flexibility index (Phi) is 8.47. The molecule has 188 valence electrons. The van der Waals surface area contributed by atoms with Gasteiger partial charge in [0.1, 0.15) is 11.4 Å². The van der Waals surface area contributed by atoms with Gasteiger partial charge in [-0.2, -0.15) is 0 Å². The van der Waals surface area contributed by atoms with E-state index in [0.29, 0.717) is 16.8 Å². The number of halogens is 1. The number of carbonyl (C=O) groups is 1. The van der Waals surface area contributed by atoms with Crippen molar-refractivity contribution in [2.45, 2.75) is 37.9 Å². The molecule has 6 nitrogen and oxygen atoms in total. The highest BCUT2D eigenvalue weighted by Crippen LogP contribution is 2.53. The molecule has 0 aliphatic carbocycles. The van der Waals surface area contributed by atoms with Crippen LogP contribution in [0.25, 0.3) is 11.3 Å². The van der Waals surface area contributed by atoms with Gasteiger partial charge in [0.2, 0.25) is 13.2 Å². The van der Waals surface area contributed by atoms with Gasteiger partial charge in [0.05, 0.1) is 11.4 Å². The van der Waals surface area contributed by atoms with Gasteiger partial charge >= 0.3 is 5.97 Å². The second-order valence-corrected chi connectivity index (χ2v) is 10.6. The highest BCUT2D eigenvalue weighted by molar-refractivity contribution is 7.43. The van der Waals surface area contributed by atoms with Crippen molar-refractivity contribution in [2.75, 3.05) is 7.11 Å². The molecule has 0 fully saturated rings. The van der Waals surface area contributed by atoms with Gasteiger partial charge in [-0.05, 0) is 42.3 Å². The Morgan fingerprint density at radius 1 is 1.14 bits per heavy atom. The molecular weight excluding hydrogens is 480 g/mol.